The van der Waals surface area contributed by atoms with E-state index in [4.69, 9.17) is 20.9 Å². The molecule has 0 saturated carbocycles. The Morgan fingerprint density at radius 1 is 1.19 bits per heavy atom. The number of carbonyl (C=O) groups is 1. The lowest BCUT2D eigenvalue weighted by atomic mass is 9.78. The highest BCUT2D eigenvalue weighted by molar-refractivity contribution is 6.63. The molecule has 0 radical (unpaired) electrons. The second-order valence-corrected chi connectivity index (χ2v) is 9.32. The molecule has 0 aliphatic carbocycles. The second-order valence-electron chi connectivity index (χ2n) is 8.91. The van der Waals surface area contributed by atoms with Gasteiger partial charge in [-0.15, -0.1) is 0 Å². The lowest BCUT2D eigenvalue weighted by Gasteiger charge is -2.33. The number of hydrogen-bond acceptors (Lipinski definition) is 4. The average molecular weight is 456 g/mol. The van der Waals surface area contributed by atoms with Gasteiger partial charge in [-0.05, 0) is 52.8 Å². The SMILES string of the molecule is C[C@H]1CN(c2ccc(C(F)(F)F)c(Cl)c2)C(=O)c2c(B3OC(C)(C)C(C)(C)O3)cnn21. The summed E-state index contributed by atoms with van der Waals surface area (Å²) in [4.78, 5) is 14.8. The van der Waals surface area contributed by atoms with Crippen LogP contribution in [0.25, 0.3) is 0 Å². The Balaban J connectivity index is 1.71. The van der Waals surface area contributed by atoms with Crippen LogP contribution in [0.1, 0.15) is 56.7 Å². The number of alkyl halides is 3. The third kappa shape index (κ3) is 3.54. The third-order valence-electron chi connectivity index (χ3n) is 6.21. The molecule has 0 N–H and O–H groups in total. The Kier molecular flexibility index (Phi) is 4.99. The van der Waals surface area contributed by atoms with Crippen LogP contribution in [0.5, 0.6) is 0 Å². The van der Waals surface area contributed by atoms with Crippen LogP contribution in [0, 0.1) is 0 Å². The standard InChI is InChI=1S/C20H22BClF3N3O3/c1-11-10-27(12-6-7-13(15(22)8-12)20(23,24)25)17(29)16-14(9-26-28(11)16)21-30-18(2,3)19(4,5)31-21/h6-9,11H,10H2,1-5H3/t11-/m0/s1. The number of halogens is 4. The van der Waals surface area contributed by atoms with Crippen LogP contribution >= 0.6 is 11.6 Å². The zero-order valence-electron chi connectivity index (χ0n) is 17.7. The smallest absolute Gasteiger partial charge is 0.399 e. The topological polar surface area (TPSA) is 56.6 Å². The van der Waals surface area contributed by atoms with E-state index in [-0.39, 0.29) is 24.0 Å². The van der Waals surface area contributed by atoms with Gasteiger partial charge in [0.1, 0.15) is 5.69 Å². The Morgan fingerprint density at radius 3 is 2.35 bits per heavy atom. The Hall–Kier alpha value is -2.04. The van der Waals surface area contributed by atoms with Crippen molar-refractivity contribution in [2.24, 2.45) is 0 Å². The fourth-order valence-electron chi connectivity index (χ4n) is 3.75. The van der Waals surface area contributed by atoms with Gasteiger partial charge in [0, 0.05) is 23.9 Å². The minimum Gasteiger partial charge on any atom is -0.399 e. The molecule has 2 aliphatic heterocycles. The van der Waals surface area contributed by atoms with Gasteiger partial charge in [-0.1, -0.05) is 11.6 Å². The van der Waals surface area contributed by atoms with Gasteiger partial charge in [0.05, 0.1) is 27.8 Å². The van der Waals surface area contributed by atoms with Crippen LogP contribution in [0.2, 0.25) is 5.02 Å². The van der Waals surface area contributed by atoms with E-state index in [0.717, 1.165) is 12.1 Å². The second kappa shape index (κ2) is 6.98. The van der Waals surface area contributed by atoms with Crippen LogP contribution in [0.15, 0.2) is 24.4 Å². The molecule has 6 nitrogen and oxygen atoms in total. The van der Waals surface area contributed by atoms with Crippen LogP contribution in [-0.2, 0) is 15.5 Å². The molecular weight excluding hydrogens is 433 g/mol. The van der Waals surface area contributed by atoms with Crippen molar-refractivity contribution in [1.29, 1.82) is 0 Å². The summed E-state index contributed by atoms with van der Waals surface area (Å²) in [7, 11) is -0.791. The predicted molar refractivity (Wildman–Crippen MR) is 111 cm³/mol. The maximum absolute atomic E-state index is 13.4. The molecule has 1 saturated heterocycles. The van der Waals surface area contributed by atoms with Crippen molar-refractivity contribution in [1.82, 2.24) is 9.78 Å². The molecule has 0 bridgehead atoms. The molecule has 4 rings (SSSR count). The first kappa shape index (κ1) is 22.2. The van der Waals surface area contributed by atoms with Gasteiger partial charge in [0.25, 0.3) is 5.91 Å². The molecule has 11 heteroatoms. The molecule has 1 amide bonds. The minimum atomic E-state index is -4.57. The quantitative estimate of drug-likeness (QED) is 0.641. The predicted octanol–water partition coefficient (Wildman–Crippen LogP) is 4.08. The van der Waals surface area contributed by atoms with Gasteiger partial charge < -0.3 is 14.2 Å². The van der Waals surface area contributed by atoms with Gasteiger partial charge in [-0.25, -0.2) is 0 Å². The zero-order chi connectivity index (χ0) is 22.9. The van der Waals surface area contributed by atoms with E-state index < -0.39 is 41.0 Å². The normalized spacial score (nSPS) is 22.7. The summed E-state index contributed by atoms with van der Waals surface area (Å²) in [6.07, 6.45) is -3.02. The van der Waals surface area contributed by atoms with Crippen LogP contribution in [0.4, 0.5) is 18.9 Å². The molecule has 3 heterocycles. The Morgan fingerprint density at radius 2 is 1.81 bits per heavy atom. The van der Waals surface area contributed by atoms with E-state index >= 15 is 0 Å². The number of hydrogen-bond donors (Lipinski definition) is 0. The lowest BCUT2D eigenvalue weighted by Crippen LogP contribution is -2.47. The van der Waals surface area contributed by atoms with Crippen molar-refractivity contribution in [3.63, 3.8) is 0 Å². The number of rotatable bonds is 2. The van der Waals surface area contributed by atoms with Crippen LogP contribution in [-0.4, -0.2) is 40.6 Å². The van der Waals surface area contributed by atoms with Crippen molar-refractivity contribution in [2.45, 2.75) is 58.0 Å². The summed E-state index contributed by atoms with van der Waals surface area (Å²) in [6.45, 7) is 9.73. The largest absolute Gasteiger partial charge is 0.498 e. The van der Waals surface area contributed by atoms with E-state index in [1.807, 2.05) is 34.6 Å². The third-order valence-corrected chi connectivity index (χ3v) is 6.53. The van der Waals surface area contributed by atoms with Gasteiger partial charge in [0.2, 0.25) is 0 Å². The maximum Gasteiger partial charge on any atom is 0.498 e. The fraction of sp³-hybridized carbons (Fsp3) is 0.500. The van der Waals surface area contributed by atoms with Gasteiger partial charge in [-0.2, -0.15) is 18.3 Å². The van der Waals surface area contributed by atoms with E-state index in [1.54, 1.807) is 10.9 Å². The van der Waals surface area contributed by atoms with Gasteiger partial charge in [0.15, 0.2) is 0 Å². The molecule has 1 aromatic heterocycles. The number of nitrogens with zero attached hydrogens (tertiary/aromatic N) is 3. The van der Waals surface area contributed by atoms with Crippen LogP contribution < -0.4 is 10.4 Å². The summed E-state index contributed by atoms with van der Waals surface area (Å²) >= 11 is 5.88. The summed E-state index contributed by atoms with van der Waals surface area (Å²) in [5, 5.41) is 3.89. The van der Waals surface area contributed by atoms with E-state index in [9.17, 15) is 18.0 Å². The maximum atomic E-state index is 13.4. The van der Waals surface area contributed by atoms with Crippen molar-refractivity contribution in [2.75, 3.05) is 11.4 Å². The molecule has 0 spiro atoms. The Bertz CT molecular complexity index is 1040. The number of amides is 1. The number of benzene rings is 1. The molecule has 2 aromatic rings. The monoisotopic (exact) mass is 455 g/mol. The molecular formula is C20H22BClF3N3O3. The number of carbonyl (C=O) groups excluding carboxylic acids is 1. The van der Waals surface area contributed by atoms with E-state index in [2.05, 4.69) is 5.10 Å². The summed E-state index contributed by atoms with van der Waals surface area (Å²) in [6, 6.07) is 3.08. The van der Waals surface area contributed by atoms with Crippen LogP contribution in [0.3, 0.4) is 0 Å². The molecule has 0 unspecified atom stereocenters. The molecule has 1 atom stereocenters. The minimum absolute atomic E-state index is 0.218. The molecule has 166 valence electrons. The van der Waals surface area contributed by atoms with E-state index in [0.29, 0.717) is 5.46 Å². The zero-order valence-corrected chi connectivity index (χ0v) is 18.5. The van der Waals surface area contributed by atoms with Crippen molar-refractivity contribution < 1.29 is 27.3 Å². The van der Waals surface area contributed by atoms with Gasteiger partial charge in [-0.3, -0.25) is 9.48 Å². The van der Waals surface area contributed by atoms with Gasteiger partial charge >= 0.3 is 13.3 Å². The van der Waals surface area contributed by atoms with Crippen molar-refractivity contribution in [3.8, 4) is 0 Å². The summed E-state index contributed by atoms with van der Waals surface area (Å²) in [5.74, 6) is -0.406. The van der Waals surface area contributed by atoms with Crippen molar-refractivity contribution in [3.05, 3.63) is 40.7 Å². The summed E-state index contributed by atoms with van der Waals surface area (Å²) < 4.78 is 53.0. The first-order valence-electron chi connectivity index (χ1n) is 9.84. The highest BCUT2D eigenvalue weighted by atomic mass is 35.5. The number of anilines is 1. The Labute approximate surface area is 183 Å². The first-order chi connectivity index (χ1) is 14.2. The average Bonchev–Trinajstić information content (AvgIpc) is 3.16. The summed E-state index contributed by atoms with van der Waals surface area (Å²) in [5.41, 5.74) is -1.10. The van der Waals surface area contributed by atoms with E-state index in [1.165, 1.54) is 11.0 Å². The highest BCUT2D eigenvalue weighted by Crippen LogP contribution is 2.39. The number of aromatic nitrogens is 2. The fourth-order valence-corrected chi connectivity index (χ4v) is 4.03. The van der Waals surface area contributed by atoms with Crippen molar-refractivity contribution >= 4 is 35.8 Å². The molecule has 2 aliphatic rings. The lowest BCUT2D eigenvalue weighted by molar-refractivity contribution is -0.137. The molecule has 1 fully saturated rings. The molecule has 1 aromatic carbocycles. The number of fused-ring (bicyclic) bond motifs is 1. The molecule has 31 heavy (non-hydrogen) atoms. The highest BCUT2D eigenvalue weighted by Gasteiger charge is 2.54. The first-order valence-corrected chi connectivity index (χ1v) is 10.2.